The lowest BCUT2D eigenvalue weighted by molar-refractivity contribution is 0.373. The van der Waals surface area contributed by atoms with Crippen LogP contribution >= 0.6 is 11.6 Å². The maximum absolute atomic E-state index is 12.9. The van der Waals surface area contributed by atoms with E-state index in [0.29, 0.717) is 18.2 Å². The molecule has 1 saturated carbocycles. The summed E-state index contributed by atoms with van der Waals surface area (Å²) < 4.78 is 27.4. The first-order chi connectivity index (χ1) is 9.73. The molecule has 0 bridgehead atoms. The van der Waals surface area contributed by atoms with Gasteiger partial charge in [-0.15, -0.1) is 0 Å². The number of hydrogen-bond donors (Lipinski definition) is 1. The average molecular weight is 331 g/mol. The molecular formula is C15H23ClN2O2S. The number of benzene rings is 1. The van der Waals surface area contributed by atoms with Gasteiger partial charge in [-0.05, 0) is 49.8 Å². The van der Waals surface area contributed by atoms with Crippen LogP contribution in [0.1, 0.15) is 38.7 Å². The lowest BCUT2D eigenvalue weighted by Gasteiger charge is -2.23. The number of aryl methyl sites for hydroxylation is 1. The molecule has 1 aromatic rings. The smallest absolute Gasteiger partial charge is 0.244 e. The highest BCUT2D eigenvalue weighted by Gasteiger charge is 2.38. The number of anilines is 1. The van der Waals surface area contributed by atoms with Gasteiger partial charge in [-0.3, -0.25) is 0 Å². The van der Waals surface area contributed by atoms with Gasteiger partial charge in [-0.2, -0.15) is 4.31 Å². The van der Waals surface area contributed by atoms with Crippen molar-refractivity contribution < 1.29 is 8.42 Å². The van der Waals surface area contributed by atoms with E-state index in [0.717, 1.165) is 24.8 Å². The Morgan fingerprint density at radius 3 is 2.52 bits per heavy atom. The summed E-state index contributed by atoms with van der Waals surface area (Å²) in [6.07, 6.45) is 2.70. The summed E-state index contributed by atoms with van der Waals surface area (Å²) in [6.45, 7) is 6.53. The molecule has 4 nitrogen and oxygen atoms in total. The van der Waals surface area contributed by atoms with E-state index in [2.05, 4.69) is 13.8 Å². The quantitative estimate of drug-likeness (QED) is 0.813. The van der Waals surface area contributed by atoms with Crippen molar-refractivity contribution in [3.63, 3.8) is 0 Å². The van der Waals surface area contributed by atoms with Gasteiger partial charge in [-0.25, -0.2) is 8.42 Å². The van der Waals surface area contributed by atoms with Crippen LogP contribution in [0.5, 0.6) is 0 Å². The lowest BCUT2D eigenvalue weighted by atomic mass is 10.1. The average Bonchev–Trinajstić information content (AvgIpc) is 3.17. The van der Waals surface area contributed by atoms with Crippen LogP contribution in [0.3, 0.4) is 0 Å². The van der Waals surface area contributed by atoms with Crippen molar-refractivity contribution in [3.8, 4) is 0 Å². The predicted molar refractivity (Wildman–Crippen MR) is 87.0 cm³/mol. The first kappa shape index (κ1) is 16.6. The summed E-state index contributed by atoms with van der Waals surface area (Å²) in [5, 5.41) is 0.247. The zero-order valence-electron chi connectivity index (χ0n) is 12.8. The molecule has 21 heavy (non-hydrogen) atoms. The van der Waals surface area contributed by atoms with Crippen molar-refractivity contribution in [2.45, 2.75) is 51.0 Å². The third kappa shape index (κ3) is 3.71. The van der Waals surface area contributed by atoms with E-state index in [1.165, 1.54) is 6.07 Å². The van der Waals surface area contributed by atoms with Crippen molar-refractivity contribution in [1.82, 2.24) is 4.31 Å². The van der Waals surface area contributed by atoms with Crippen LogP contribution in [0.4, 0.5) is 5.69 Å². The largest absolute Gasteiger partial charge is 0.398 e. The van der Waals surface area contributed by atoms with Crippen LogP contribution in [0.15, 0.2) is 17.0 Å². The molecule has 0 amide bonds. The van der Waals surface area contributed by atoms with Gasteiger partial charge in [0.1, 0.15) is 4.90 Å². The molecule has 1 aromatic carbocycles. The van der Waals surface area contributed by atoms with Gasteiger partial charge in [0.25, 0.3) is 0 Å². The maximum atomic E-state index is 12.9. The molecule has 118 valence electrons. The van der Waals surface area contributed by atoms with Gasteiger partial charge < -0.3 is 5.73 Å². The topological polar surface area (TPSA) is 63.4 Å². The molecule has 6 heteroatoms. The Kier molecular flexibility index (Phi) is 4.85. The molecule has 0 saturated heterocycles. The van der Waals surface area contributed by atoms with E-state index < -0.39 is 10.0 Å². The lowest BCUT2D eigenvalue weighted by Crippen LogP contribution is -2.34. The second-order valence-electron chi connectivity index (χ2n) is 6.17. The highest BCUT2D eigenvalue weighted by Crippen LogP contribution is 2.36. The van der Waals surface area contributed by atoms with Crippen LogP contribution < -0.4 is 5.73 Å². The van der Waals surface area contributed by atoms with Crippen molar-refractivity contribution >= 4 is 27.3 Å². The normalized spacial score (nSPS) is 15.9. The summed E-state index contributed by atoms with van der Waals surface area (Å²) in [7, 11) is -3.58. The third-order valence-electron chi connectivity index (χ3n) is 3.79. The molecule has 0 aliphatic heterocycles. The first-order valence-electron chi connectivity index (χ1n) is 7.31. The minimum absolute atomic E-state index is 0.118. The number of nitrogens with zero attached hydrogens (tertiary/aromatic N) is 1. The van der Waals surface area contributed by atoms with E-state index in [1.54, 1.807) is 10.4 Å². The van der Waals surface area contributed by atoms with Gasteiger partial charge in [0.15, 0.2) is 0 Å². The fourth-order valence-corrected chi connectivity index (χ4v) is 4.53. The Bertz CT molecular complexity index is 625. The van der Waals surface area contributed by atoms with Crippen molar-refractivity contribution in [2.24, 2.45) is 5.92 Å². The third-order valence-corrected chi connectivity index (χ3v) is 6.20. The van der Waals surface area contributed by atoms with Crippen LogP contribution in [0, 0.1) is 12.8 Å². The Hall–Kier alpha value is -0.780. The number of rotatable bonds is 6. The van der Waals surface area contributed by atoms with Crippen LogP contribution in [0.2, 0.25) is 5.02 Å². The minimum Gasteiger partial charge on any atom is -0.398 e. The summed E-state index contributed by atoms with van der Waals surface area (Å²) in [5.74, 6) is 0.458. The Morgan fingerprint density at radius 1 is 1.38 bits per heavy atom. The number of halogens is 1. The second kappa shape index (κ2) is 6.15. The molecule has 1 fully saturated rings. The van der Waals surface area contributed by atoms with E-state index in [-0.39, 0.29) is 16.0 Å². The molecule has 0 unspecified atom stereocenters. The Morgan fingerprint density at radius 2 is 2.00 bits per heavy atom. The molecular weight excluding hydrogens is 308 g/mol. The van der Waals surface area contributed by atoms with Gasteiger partial charge in [0.2, 0.25) is 10.0 Å². The Labute approximate surface area is 132 Å². The summed E-state index contributed by atoms with van der Waals surface area (Å²) >= 11 is 6.16. The first-order valence-corrected chi connectivity index (χ1v) is 9.12. The number of nitrogen functional groups attached to an aromatic ring is 1. The molecule has 1 aliphatic rings. The summed E-state index contributed by atoms with van der Waals surface area (Å²) in [5.41, 5.74) is 7.11. The summed E-state index contributed by atoms with van der Waals surface area (Å²) in [6, 6.07) is 3.22. The SMILES string of the molecule is Cc1cc(Cl)c(S(=O)(=O)N(CCC(C)C)C2CC2)cc1N. The molecule has 2 N–H and O–H groups in total. The number of sulfonamides is 1. The zero-order valence-corrected chi connectivity index (χ0v) is 14.3. The van der Waals surface area contributed by atoms with Crippen molar-refractivity contribution in [3.05, 3.63) is 22.7 Å². The predicted octanol–water partition coefficient (Wildman–Crippen LogP) is 3.43. The summed E-state index contributed by atoms with van der Waals surface area (Å²) in [4.78, 5) is 0.128. The van der Waals surface area contributed by atoms with Crippen molar-refractivity contribution in [1.29, 1.82) is 0 Å². The van der Waals surface area contributed by atoms with Crippen LogP contribution in [0.25, 0.3) is 0 Å². The van der Waals surface area contributed by atoms with Gasteiger partial charge in [0.05, 0.1) is 5.02 Å². The van der Waals surface area contributed by atoms with Gasteiger partial charge in [-0.1, -0.05) is 25.4 Å². The maximum Gasteiger partial charge on any atom is 0.244 e. The monoisotopic (exact) mass is 330 g/mol. The highest BCUT2D eigenvalue weighted by atomic mass is 35.5. The molecule has 0 atom stereocenters. The van der Waals surface area contributed by atoms with Gasteiger partial charge in [0, 0.05) is 18.3 Å². The zero-order chi connectivity index (χ0) is 15.8. The van der Waals surface area contributed by atoms with Crippen LogP contribution in [-0.4, -0.2) is 25.3 Å². The molecule has 0 spiro atoms. The molecule has 2 rings (SSSR count). The molecule has 0 aromatic heterocycles. The van der Waals surface area contributed by atoms with E-state index in [4.69, 9.17) is 17.3 Å². The van der Waals surface area contributed by atoms with E-state index >= 15 is 0 Å². The minimum atomic E-state index is -3.58. The fourth-order valence-electron chi connectivity index (χ4n) is 2.24. The fraction of sp³-hybridized carbons (Fsp3) is 0.600. The number of hydrogen-bond acceptors (Lipinski definition) is 3. The van der Waals surface area contributed by atoms with Crippen molar-refractivity contribution in [2.75, 3.05) is 12.3 Å². The number of nitrogens with two attached hydrogens (primary N) is 1. The van der Waals surface area contributed by atoms with Gasteiger partial charge >= 0.3 is 0 Å². The highest BCUT2D eigenvalue weighted by molar-refractivity contribution is 7.89. The molecule has 0 heterocycles. The molecule has 0 radical (unpaired) electrons. The second-order valence-corrected chi connectivity index (χ2v) is 8.43. The standard InChI is InChI=1S/C15H23ClN2O2S/c1-10(2)6-7-18(12-4-5-12)21(19,20)15-9-14(17)11(3)8-13(15)16/h8-10,12H,4-7,17H2,1-3H3. The Balaban J connectivity index is 2.36. The van der Waals surface area contributed by atoms with E-state index in [9.17, 15) is 8.42 Å². The van der Waals surface area contributed by atoms with Crippen LogP contribution in [-0.2, 0) is 10.0 Å². The molecule has 1 aliphatic carbocycles. The van der Waals surface area contributed by atoms with E-state index in [1.807, 2.05) is 6.92 Å².